The van der Waals surface area contributed by atoms with Crippen molar-refractivity contribution < 1.29 is 4.42 Å². The normalized spacial score (nSPS) is 15.9. The fourth-order valence-corrected chi connectivity index (χ4v) is 10.1. The molecule has 4 heterocycles. The van der Waals surface area contributed by atoms with E-state index in [0.717, 1.165) is 55.6 Å². The summed E-state index contributed by atoms with van der Waals surface area (Å²) in [5, 5.41) is 16.0. The largest absolute Gasteiger partial charge is 0.613 e. The Balaban J connectivity index is 1.08. The van der Waals surface area contributed by atoms with Crippen molar-refractivity contribution in [2.45, 2.75) is 12.3 Å². The molecule has 3 aromatic heterocycles. The maximum Gasteiger partial charge on any atom is 0.143 e. The highest BCUT2D eigenvalue weighted by atomic mass is 32.1. The summed E-state index contributed by atoms with van der Waals surface area (Å²) in [6, 6.07) is 64.4. The van der Waals surface area contributed by atoms with Crippen LogP contribution in [0.3, 0.4) is 0 Å². The number of aliphatic imine (C=N–C) groups is 1. The van der Waals surface area contributed by atoms with Crippen molar-refractivity contribution in [3.63, 3.8) is 0 Å². The van der Waals surface area contributed by atoms with E-state index < -0.39 is 0 Å². The van der Waals surface area contributed by atoms with Crippen molar-refractivity contribution in [1.29, 1.82) is 0 Å². The zero-order valence-electron chi connectivity index (χ0n) is 30.6. The number of thiophene rings is 1. The first-order valence-electron chi connectivity index (χ1n) is 19.3. The van der Waals surface area contributed by atoms with Gasteiger partial charge in [-0.05, 0) is 65.4 Å². The maximum absolute atomic E-state index is 6.94. The van der Waals surface area contributed by atoms with Gasteiger partial charge in [-0.1, -0.05) is 146 Å². The minimum absolute atomic E-state index is 0.263. The van der Waals surface area contributed by atoms with Crippen LogP contribution in [-0.2, 0) is 0 Å². The molecule has 5 nitrogen and oxygen atoms in total. The number of nitrogens with zero attached hydrogens (tertiary/aromatic N) is 3. The zero-order valence-corrected chi connectivity index (χ0v) is 31.4. The first-order valence-corrected chi connectivity index (χ1v) is 20.1. The first kappa shape index (κ1) is 32.3. The molecule has 0 amide bonds. The van der Waals surface area contributed by atoms with Gasteiger partial charge in [-0.25, -0.2) is 0 Å². The molecule has 2 atom stereocenters. The van der Waals surface area contributed by atoms with Crippen LogP contribution in [0.25, 0.3) is 86.0 Å². The molecule has 0 spiro atoms. The Labute approximate surface area is 332 Å². The molecule has 0 fully saturated rings. The molecule has 270 valence electrons. The van der Waals surface area contributed by atoms with Crippen molar-refractivity contribution in [2.75, 3.05) is 0 Å². The highest BCUT2D eigenvalue weighted by Crippen LogP contribution is 2.47. The van der Waals surface area contributed by atoms with Crippen molar-refractivity contribution >= 4 is 81.1 Å². The Bertz CT molecular complexity index is 3320. The Morgan fingerprint density at radius 3 is 1.88 bits per heavy atom. The molecular weight excluding hydrogens is 717 g/mol. The summed E-state index contributed by atoms with van der Waals surface area (Å²) in [5.74, 6) is 0.799. The van der Waals surface area contributed by atoms with E-state index in [0.29, 0.717) is 0 Å². The number of para-hydroxylation sites is 3. The van der Waals surface area contributed by atoms with E-state index in [-0.39, 0.29) is 12.3 Å². The summed E-state index contributed by atoms with van der Waals surface area (Å²) in [6.07, 6.45) is -0.619. The SMILES string of the molecule is c1ccc(C2N=C(c3cccc4oc5c(-c6cccc7sc8cccc(-n9c%10ccccc%10c%10ccccc%109)c8c67)cccc5c34)NC(c3ccccc3)[N-]2)cc1. The molecule has 0 aliphatic carbocycles. The van der Waals surface area contributed by atoms with Crippen molar-refractivity contribution in [1.82, 2.24) is 9.88 Å². The number of amidine groups is 1. The van der Waals surface area contributed by atoms with Crippen LogP contribution < -0.4 is 5.32 Å². The highest BCUT2D eigenvalue weighted by molar-refractivity contribution is 7.26. The predicted octanol–water partition coefficient (Wildman–Crippen LogP) is 13.8. The first-order chi connectivity index (χ1) is 28.3. The lowest BCUT2D eigenvalue weighted by atomic mass is 9.96. The molecule has 1 aliphatic rings. The number of hydrogen-bond donors (Lipinski definition) is 1. The van der Waals surface area contributed by atoms with Crippen LogP contribution in [0.1, 0.15) is 29.0 Å². The highest BCUT2D eigenvalue weighted by Gasteiger charge is 2.24. The minimum Gasteiger partial charge on any atom is -0.613 e. The van der Waals surface area contributed by atoms with Crippen molar-refractivity contribution in [2.24, 2.45) is 4.99 Å². The van der Waals surface area contributed by atoms with E-state index in [2.05, 4.69) is 180 Å². The van der Waals surface area contributed by atoms with Gasteiger partial charge in [-0.2, -0.15) is 0 Å². The second-order valence-electron chi connectivity index (χ2n) is 14.6. The van der Waals surface area contributed by atoms with Crippen LogP contribution in [-0.4, -0.2) is 10.4 Å². The van der Waals surface area contributed by atoms with Crippen molar-refractivity contribution in [3.8, 4) is 16.8 Å². The molecule has 11 aromatic rings. The summed E-state index contributed by atoms with van der Waals surface area (Å²) in [6.45, 7) is 0. The van der Waals surface area contributed by atoms with E-state index in [1.165, 1.54) is 47.7 Å². The molecule has 6 heteroatoms. The molecule has 8 aromatic carbocycles. The van der Waals surface area contributed by atoms with Crippen molar-refractivity contribution in [3.05, 3.63) is 204 Å². The summed E-state index contributed by atoms with van der Waals surface area (Å²) in [5.41, 5.74) is 10.6. The second kappa shape index (κ2) is 12.8. The number of hydrogen-bond acceptors (Lipinski definition) is 4. The number of furan rings is 1. The van der Waals surface area contributed by atoms with Gasteiger partial charge in [0.05, 0.1) is 16.7 Å². The molecular formula is C51H33N4OS-. The fourth-order valence-electron chi connectivity index (χ4n) is 8.94. The number of nitrogens with one attached hydrogen (secondary N) is 1. The third-order valence-corrected chi connectivity index (χ3v) is 12.5. The van der Waals surface area contributed by atoms with Gasteiger partial charge in [0.15, 0.2) is 0 Å². The predicted molar refractivity (Wildman–Crippen MR) is 238 cm³/mol. The maximum atomic E-state index is 6.94. The van der Waals surface area contributed by atoms with Gasteiger partial charge in [0, 0.05) is 52.8 Å². The lowest BCUT2D eigenvalue weighted by Gasteiger charge is -2.44. The van der Waals surface area contributed by atoms with Crippen LogP contribution in [0.5, 0.6) is 0 Å². The third-order valence-electron chi connectivity index (χ3n) is 11.4. The fraction of sp³-hybridized carbons (Fsp3) is 0.0392. The van der Waals surface area contributed by atoms with Crippen LogP contribution in [0, 0.1) is 0 Å². The van der Waals surface area contributed by atoms with Gasteiger partial charge in [-0.3, -0.25) is 4.99 Å². The molecule has 0 radical (unpaired) electrons. The Morgan fingerprint density at radius 2 is 1.11 bits per heavy atom. The molecule has 1 aliphatic heterocycles. The molecule has 1 N–H and O–H groups in total. The van der Waals surface area contributed by atoms with Crippen LogP contribution in [0.4, 0.5) is 0 Å². The lowest BCUT2D eigenvalue weighted by molar-refractivity contribution is 0.631. The van der Waals surface area contributed by atoms with Crippen LogP contribution in [0.15, 0.2) is 191 Å². The van der Waals surface area contributed by atoms with Gasteiger partial charge in [-0.15, -0.1) is 11.3 Å². The molecule has 0 saturated carbocycles. The average Bonchev–Trinajstić information content (AvgIpc) is 3.97. The van der Waals surface area contributed by atoms with E-state index in [4.69, 9.17) is 14.7 Å². The Hall–Kier alpha value is -6.99. The molecule has 0 saturated heterocycles. The molecule has 57 heavy (non-hydrogen) atoms. The number of rotatable bonds is 5. The Morgan fingerprint density at radius 1 is 0.509 bits per heavy atom. The number of fused-ring (bicyclic) bond motifs is 9. The average molecular weight is 750 g/mol. The number of benzene rings is 8. The topological polar surface area (TPSA) is 56.6 Å². The molecule has 0 bridgehead atoms. The zero-order chi connectivity index (χ0) is 37.5. The van der Waals surface area contributed by atoms with E-state index >= 15 is 0 Å². The van der Waals surface area contributed by atoms with E-state index in [1.54, 1.807) is 0 Å². The van der Waals surface area contributed by atoms with E-state index in [9.17, 15) is 0 Å². The summed E-state index contributed by atoms with van der Waals surface area (Å²) >= 11 is 1.84. The summed E-state index contributed by atoms with van der Waals surface area (Å²) < 4.78 is 11.9. The second-order valence-corrected chi connectivity index (χ2v) is 15.7. The third kappa shape index (κ3) is 5.01. The van der Waals surface area contributed by atoms with Gasteiger partial charge in [0.2, 0.25) is 0 Å². The van der Waals surface area contributed by atoms with Crippen LogP contribution in [0.2, 0.25) is 0 Å². The Kier molecular flexibility index (Phi) is 7.24. The lowest BCUT2D eigenvalue weighted by Crippen LogP contribution is -2.34. The molecule has 2 unspecified atom stereocenters. The van der Waals surface area contributed by atoms with Gasteiger partial charge in [0.25, 0.3) is 0 Å². The van der Waals surface area contributed by atoms with Crippen LogP contribution >= 0.6 is 11.3 Å². The number of aromatic nitrogens is 1. The molecule has 12 rings (SSSR count). The minimum atomic E-state index is -0.357. The summed E-state index contributed by atoms with van der Waals surface area (Å²) in [7, 11) is 0. The van der Waals surface area contributed by atoms with Gasteiger partial charge < -0.3 is 19.6 Å². The summed E-state index contributed by atoms with van der Waals surface area (Å²) in [4.78, 5) is 5.26. The van der Waals surface area contributed by atoms with E-state index in [1.807, 2.05) is 23.5 Å². The smallest absolute Gasteiger partial charge is 0.143 e. The van der Waals surface area contributed by atoms with Gasteiger partial charge in [0.1, 0.15) is 17.0 Å². The quantitative estimate of drug-likeness (QED) is 0.190. The monoisotopic (exact) mass is 749 g/mol. The van der Waals surface area contributed by atoms with Gasteiger partial charge >= 0.3 is 0 Å². The standard InChI is InChI=1S/C51H33N4OS/c1-3-15-31(16-4-1)49-52-50(32-17-5-2-6-18-32)54-51(53-49)38-24-12-28-42-45(38)37-23-11-22-36(48(37)56-42)35-21-13-29-43-46(35)47-41(27-14-30-44(47)57-43)55-39-25-9-7-19-33(39)34-20-8-10-26-40(34)55/h1-30,49-50H,(H,53,54)/q-1.